The molecule has 2 heterocycles. The van der Waals surface area contributed by atoms with Crippen molar-refractivity contribution in [2.24, 2.45) is 0 Å². The van der Waals surface area contributed by atoms with Gasteiger partial charge in [-0.05, 0) is 29.3 Å². The molecule has 142 valence electrons. The van der Waals surface area contributed by atoms with Gasteiger partial charge < -0.3 is 14.7 Å². The van der Waals surface area contributed by atoms with Crippen LogP contribution in [0.4, 0.5) is 0 Å². The molecule has 0 fully saturated rings. The number of H-pyrrole nitrogens is 1. The molecular formula is C25H20N2O2. The Morgan fingerprint density at radius 3 is 2.55 bits per heavy atom. The predicted molar refractivity (Wildman–Crippen MR) is 115 cm³/mol. The van der Waals surface area contributed by atoms with Crippen molar-refractivity contribution < 1.29 is 9.21 Å². The van der Waals surface area contributed by atoms with Gasteiger partial charge in [0.25, 0.3) is 0 Å². The minimum absolute atomic E-state index is 0.0518. The number of nitrogens with one attached hydrogen (secondary N) is 2. The maximum atomic E-state index is 13.0. The molecule has 0 aliphatic carbocycles. The molecule has 0 saturated heterocycles. The standard InChI is InChI=1S/C25H20N2O2/c28-24(15-19-16-26-21-12-6-5-11-20(19)21)27-25(17-8-2-1-3-9-17)23-14-18-10-4-7-13-22(18)29-23/h1-14,16,25-26H,15H2,(H,27,28)/t25-/m0/s1. The zero-order valence-electron chi connectivity index (χ0n) is 15.8. The van der Waals surface area contributed by atoms with Gasteiger partial charge in [-0.15, -0.1) is 0 Å². The summed E-state index contributed by atoms with van der Waals surface area (Å²) >= 11 is 0. The molecule has 0 spiro atoms. The van der Waals surface area contributed by atoms with Crippen molar-refractivity contribution >= 4 is 27.8 Å². The molecule has 1 amide bonds. The number of furan rings is 1. The second-order valence-electron chi connectivity index (χ2n) is 7.13. The Labute approximate surface area is 168 Å². The van der Waals surface area contributed by atoms with Gasteiger partial charge in [0.15, 0.2) is 0 Å². The molecule has 2 aromatic heterocycles. The van der Waals surface area contributed by atoms with Crippen molar-refractivity contribution in [2.75, 3.05) is 0 Å². The Bertz CT molecular complexity index is 1250. The fourth-order valence-corrected chi connectivity index (χ4v) is 3.77. The van der Waals surface area contributed by atoms with Crippen molar-refractivity contribution in [3.8, 4) is 0 Å². The number of rotatable bonds is 5. The van der Waals surface area contributed by atoms with Crippen LogP contribution >= 0.6 is 0 Å². The molecule has 0 bridgehead atoms. The van der Waals surface area contributed by atoms with Gasteiger partial charge in [0.2, 0.25) is 5.91 Å². The van der Waals surface area contributed by atoms with Crippen LogP contribution < -0.4 is 5.32 Å². The van der Waals surface area contributed by atoms with Crippen molar-refractivity contribution in [3.63, 3.8) is 0 Å². The largest absolute Gasteiger partial charge is 0.459 e. The average molecular weight is 380 g/mol. The SMILES string of the molecule is O=C(Cc1c[nH]c2ccccc12)N[C@@H](c1ccccc1)c1cc2ccccc2o1. The fourth-order valence-electron chi connectivity index (χ4n) is 3.77. The zero-order chi connectivity index (χ0) is 19.6. The Kier molecular flexibility index (Phi) is 4.37. The normalized spacial score (nSPS) is 12.3. The first kappa shape index (κ1) is 17.3. The molecule has 2 N–H and O–H groups in total. The van der Waals surface area contributed by atoms with E-state index in [1.165, 1.54) is 0 Å². The van der Waals surface area contributed by atoms with E-state index in [9.17, 15) is 4.79 Å². The van der Waals surface area contributed by atoms with Crippen LogP contribution in [0.1, 0.15) is 22.9 Å². The Hall–Kier alpha value is -3.79. The molecule has 29 heavy (non-hydrogen) atoms. The van der Waals surface area contributed by atoms with E-state index >= 15 is 0 Å². The molecule has 1 atom stereocenters. The summed E-state index contributed by atoms with van der Waals surface area (Å²) in [6, 6.07) is 27.5. The molecule has 0 unspecified atom stereocenters. The molecule has 0 saturated carbocycles. The number of carbonyl (C=O) groups excluding carboxylic acids is 1. The summed E-state index contributed by atoms with van der Waals surface area (Å²) in [6.07, 6.45) is 2.20. The lowest BCUT2D eigenvalue weighted by Gasteiger charge is -2.17. The van der Waals surface area contributed by atoms with Crippen molar-refractivity contribution in [2.45, 2.75) is 12.5 Å². The average Bonchev–Trinajstić information content (AvgIpc) is 3.37. The first-order chi connectivity index (χ1) is 14.3. The number of fused-ring (bicyclic) bond motifs is 2. The van der Waals surface area contributed by atoms with Crippen LogP contribution in [0, 0.1) is 0 Å². The second kappa shape index (κ2) is 7.32. The van der Waals surface area contributed by atoms with E-state index in [1.54, 1.807) is 0 Å². The van der Waals surface area contributed by atoms with E-state index in [1.807, 2.05) is 91.1 Å². The molecule has 3 aromatic carbocycles. The van der Waals surface area contributed by atoms with Gasteiger partial charge in [0.1, 0.15) is 17.4 Å². The zero-order valence-corrected chi connectivity index (χ0v) is 15.8. The summed E-state index contributed by atoms with van der Waals surface area (Å²) in [5, 5.41) is 5.26. The van der Waals surface area contributed by atoms with Gasteiger partial charge in [-0.1, -0.05) is 66.7 Å². The quantitative estimate of drug-likeness (QED) is 0.431. The van der Waals surface area contributed by atoms with Crippen LogP contribution in [0.25, 0.3) is 21.9 Å². The van der Waals surface area contributed by atoms with Crippen molar-refractivity contribution in [3.05, 3.63) is 108 Å². The van der Waals surface area contributed by atoms with E-state index in [0.29, 0.717) is 6.42 Å². The van der Waals surface area contributed by atoms with Gasteiger partial charge in [-0.2, -0.15) is 0 Å². The summed E-state index contributed by atoms with van der Waals surface area (Å²) in [6.45, 7) is 0. The van der Waals surface area contributed by atoms with Crippen LogP contribution in [-0.4, -0.2) is 10.9 Å². The molecule has 4 nitrogen and oxygen atoms in total. The lowest BCUT2D eigenvalue weighted by Crippen LogP contribution is -2.30. The summed E-state index contributed by atoms with van der Waals surface area (Å²) in [5.74, 6) is 0.675. The molecule has 0 aliphatic heterocycles. The molecule has 0 radical (unpaired) electrons. The van der Waals surface area contributed by atoms with Crippen LogP contribution in [0.5, 0.6) is 0 Å². The third-order valence-electron chi connectivity index (χ3n) is 5.19. The van der Waals surface area contributed by atoms with Crippen LogP contribution in [0.3, 0.4) is 0 Å². The van der Waals surface area contributed by atoms with E-state index in [-0.39, 0.29) is 11.9 Å². The highest BCUT2D eigenvalue weighted by atomic mass is 16.3. The van der Waals surface area contributed by atoms with E-state index < -0.39 is 0 Å². The maximum Gasteiger partial charge on any atom is 0.225 e. The molecule has 4 heteroatoms. The third-order valence-corrected chi connectivity index (χ3v) is 5.19. The molecule has 5 rings (SSSR count). The number of aromatic nitrogens is 1. The maximum absolute atomic E-state index is 13.0. The monoisotopic (exact) mass is 380 g/mol. The minimum atomic E-state index is -0.346. The topological polar surface area (TPSA) is 58.0 Å². The third kappa shape index (κ3) is 3.41. The smallest absolute Gasteiger partial charge is 0.225 e. The predicted octanol–water partition coefficient (Wildman–Crippen LogP) is 5.36. The highest BCUT2D eigenvalue weighted by Gasteiger charge is 2.21. The summed E-state index contributed by atoms with van der Waals surface area (Å²) < 4.78 is 6.07. The number of aromatic amines is 1. The van der Waals surface area contributed by atoms with Crippen molar-refractivity contribution in [1.82, 2.24) is 10.3 Å². The van der Waals surface area contributed by atoms with Crippen LogP contribution in [-0.2, 0) is 11.2 Å². The lowest BCUT2D eigenvalue weighted by molar-refractivity contribution is -0.121. The first-order valence-corrected chi connectivity index (χ1v) is 9.66. The number of amides is 1. The van der Waals surface area contributed by atoms with Gasteiger partial charge in [-0.3, -0.25) is 4.79 Å². The number of benzene rings is 3. The number of hydrogen-bond acceptors (Lipinski definition) is 2. The van der Waals surface area contributed by atoms with E-state index in [0.717, 1.165) is 38.8 Å². The van der Waals surface area contributed by atoms with Gasteiger partial charge >= 0.3 is 0 Å². The lowest BCUT2D eigenvalue weighted by atomic mass is 10.0. The Balaban J connectivity index is 1.46. The van der Waals surface area contributed by atoms with Crippen LogP contribution in [0.2, 0.25) is 0 Å². The number of carbonyl (C=O) groups is 1. The number of hydrogen-bond donors (Lipinski definition) is 2. The molecular weight excluding hydrogens is 360 g/mol. The van der Waals surface area contributed by atoms with Gasteiger partial charge in [-0.25, -0.2) is 0 Å². The first-order valence-electron chi connectivity index (χ1n) is 9.66. The van der Waals surface area contributed by atoms with E-state index in [4.69, 9.17) is 4.42 Å². The fraction of sp³-hybridized carbons (Fsp3) is 0.0800. The Morgan fingerprint density at radius 2 is 1.69 bits per heavy atom. The second-order valence-corrected chi connectivity index (χ2v) is 7.13. The number of para-hydroxylation sites is 2. The van der Waals surface area contributed by atoms with Gasteiger partial charge in [0.05, 0.1) is 6.42 Å². The minimum Gasteiger partial charge on any atom is -0.459 e. The summed E-state index contributed by atoms with van der Waals surface area (Å²) in [4.78, 5) is 16.2. The summed E-state index contributed by atoms with van der Waals surface area (Å²) in [7, 11) is 0. The van der Waals surface area contributed by atoms with Gasteiger partial charge in [0, 0.05) is 22.5 Å². The van der Waals surface area contributed by atoms with Crippen LogP contribution in [0.15, 0.2) is 95.5 Å². The highest BCUT2D eigenvalue weighted by molar-refractivity contribution is 5.89. The Morgan fingerprint density at radius 1 is 0.931 bits per heavy atom. The molecule has 0 aliphatic rings. The highest BCUT2D eigenvalue weighted by Crippen LogP contribution is 2.28. The molecule has 5 aromatic rings. The summed E-state index contributed by atoms with van der Waals surface area (Å²) in [5.41, 5.74) is 3.81. The van der Waals surface area contributed by atoms with E-state index in [2.05, 4.69) is 10.3 Å². The van der Waals surface area contributed by atoms with Crippen molar-refractivity contribution in [1.29, 1.82) is 0 Å².